The van der Waals surface area contributed by atoms with Gasteiger partial charge in [-0.1, -0.05) is 17.3 Å². The number of hydrogen-bond acceptors (Lipinski definition) is 5. The number of sulfonamides is 1. The molecule has 1 heterocycles. The van der Waals surface area contributed by atoms with Crippen molar-refractivity contribution in [1.82, 2.24) is 9.88 Å². The van der Waals surface area contributed by atoms with E-state index in [1.807, 2.05) is 0 Å². The minimum absolute atomic E-state index is 0.0541. The first-order valence-corrected chi connectivity index (χ1v) is 8.15. The monoisotopic (exact) mass is 324 g/mol. The first-order valence-electron chi connectivity index (χ1n) is 6.50. The van der Waals surface area contributed by atoms with Crippen molar-refractivity contribution in [1.29, 1.82) is 0 Å². The summed E-state index contributed by atoms with van der Waals surface area (Å²) < 4.78 is 31.6. The van der Waals surface area contributed by atoms with Crippen molar-refractivity contribution in [2.24, 2.45) is 0 Å². The Hall–Kier alpha value is -2.19. The van der Waals surface area contributed by atoms with Crippen LogP contribution in [0.5, 0.6) is 0 Å². The average Bonchev–Trinajstić information content (AvgIpc) is 2.75. The predicted octanol–water partition coefficient (Wildman–Crippen LogP) is 1.61. The van der Waals surface area contributed by atoms with Gasteiger partial charge in [0.15, 0.2) is 0 Å². The maximum Gasteiger partial charge on any atom is 0.335 e. The number of rotatable bonds is 6. The molecule has 1 aromatic carbocycles. The molecular formula is C14H16N2O5S. The molecule has 0 aliphatic rings. The number of carboxylic acids is 1. The molecule has 22 heavy (non-hydrogen) atoms. The summed E-state index contributed by atoms with van der Waals surface area (Å²) in [5.74, 6) is -0.826. The van der Waals surface area contributed by atoms with E-state index in [0.29, 0.717) is 22.6 Å². The Morgan fingerprint density at radius 1 is 1.36 bits per heavy atom. The lowest BCUT2D eigenvalue weighted by molar-refractivity contribution is 0.0696. The predicted molar refractivity (Wildman–Crippen MR) is 78.8 cm³/mol. The quantitative estimate of drug-likeness (QED) is 0.835. The van der Waals surface area contributed by atoms with Crippen LogP contribution in [0.3, 0.4) is 0 Å². The van der Waals surface area contributed by atoms with Crippen LogP contribution in [0, 0.1) is 13.8 Å². The Kier molecular flexibility index (Phi) is 4.62. The Bertz CT molecular complexity index is 776. The Labute approximate surface area is 128 Å². The van der Waals surface area contributed by atoms with Crippen LogP contribution >= 0.6 is 0 Å². The number of aromatic nitrogens is 1. The number of aryl methyl sites for hydroxylation is 2. The Morgan fingerprint density at radius 3 is 2.68 bits per heavy atom. The molecule has 118 valence electrons. The third-order valence-corrected chi connectivity index (χ3v) is 4.48. The second-order valence-electron chi connectivity index (χ2n) is 4.89. The highest BCUT2D eigenvalue weighted by atomic mass is 32.2. The molecule has 2 aromatic rings. The van der Waals surface area contributed by atoms with E-state index < -0.39 is 16.0 Å². The molecule has 2 rings (SSSR count). The molecule has 0 unspecified atom stereocenters. The minimum atomic E-state index is -3.60. The van der Waals surface area contributed by atoms with Crippen LogP contribution in [0.1, 0.15) is 32.9 Å². The second-order valence-corrected chi connectivity index (χ2v) is 6.70. The minimum Gasteiger partial charge on any atom is -0.478 e. The van der Waals surface area contributed by atoms with Crippen molar-refractivity contribution >= 4 is 16.0 Å². The third-order valence-electron chi connectivity index (χ3n) is 3.18. The number of nitrogens with zero attached hydrogens (tertiary/aromatic N) is 1. The van der Waals surface area contributed by atoms with E-state index in [1.165, 1.54) is 18.2 Å². The van der Waals surface area contributed by atoms with Gasteiger partial charge in [-0.05, 0) is 31.5 Å². The fourth-order valence-electron chi connectivity index (χ4n) is 2.00. The van der Waals surface area contributed by atoms with Crippen molar-refractivity contribution in [3.63, 3.8) is 0 Å². The van der Waals surface area contributed by atoms with E-state index in [4.69, 9.17) is 9.63 Å². The van der Waals surface area contributed by atoms with E-state index >= 15 is 0 Å². The molecule has 7 nitrogen and oxygen atoms in total. The van der Waals surface area contributed by atoms with Crippen molar-refractivity contribution in [2.75, 3.05) is 0 Å². The molecule has 2 N–H and O–H groups in total. The van der Waals surface area contributed by atoms with Gasteiger partial charge < -0.3 is 9.63 Å². The van der Waals surface area contributed by atoms with E-state index in [9.17, 15) is 13.2 Å². The van der Waals surface area contributed by atoms with Gasteiger partial charge in [-0.3, -0.25) is 0 Å². The third kappa shape index (κ3) is 3.92. The lowest BCUT2D eigenvalue weighted by Crippen LogP contribution is -2.25. The lowest BCUT2D eigenvalue weighted by atomic mass is 10.1. The summed E-state index contributed by atoms with van der Waals surface area (Å²) >= 11 is 0. The van der Waals surface area contributed by atoms with Crippen LogP contribution in [0.4, 0.5) is 0 Å². The maximum absolute atomic E-state index is 12.1. The largest absolute Gasteiger partial charge is 0.478 e. The molecule has 0 aliphatic carbocycles. The first kappa shape index (κ1) is 16.2. The van der Waals surface area contributed by atoms with Crippen molar-refractivity contribution in [2.45, 2.75) is 26.1 Å². The second kappa shape index (κ2) is 6.29. The van der Waals surface area contributed by atoms with Crippen molar-refractivity contribution in [3.8, 4) is 0 Å². The van der Waals surface area contributed by atoms with Gasteiger partial charge in [0.1, 0.15) is 5.76 Å². The summed E-state index contributed by atoms with van der Waals surface area (Å²) in [7, 11) is -3.60. The van der Waals surface area contributed by atoms with Gasteiger partial charge >= 0.3 is 5.97 Å². The molecule has 0 aliphatic heterocycles. The van der Waals surface area contributed by atoms with Gasteiger partial charge in [-0.2, -0.15) is 0 Å². The van der Waals surface area contributed by atoms with Crippen LogP contribution in [0.25, 0.3) is 0 Å². The van der Waals surface area contributed by atoms with Gasteiger partial charge in [0.2, 0.25) is 10.0 Å². The molecular weight excluding hydrogens is 308 g/mol. The Balaban J connectivity index is 2.08. The summed E-state index contributed by atoms with van der Waals surface area (Å²) in [5.41, 5.74) is 1.79. The molecule has 0 saturated carbocycles. The molecule has 0 fully saturated rings. The SMILES string of the molecule is Cc1noc(C)c1CNS(=O)(=O)Cc1cccc(C(=O)O)c1. The number of aromatic carboxylic acids is 1. The van der Waals surface area contributed by atoms with Gasteiger partial charge in [-0.15, -0.1) is 0 Å². The zero-order valence-electron chi connectivity index (χ0n) is 12.2. The smallest absolute Gasteiger partial charge is 0.335 e. The van der Waals surface area contributed by atoms with E-state index in [2.05, 4.69) is 9.88 Å². The van der Waals surface area contributed by atoms with E-state index in [0.717, 1.165) is 0 Å². The van der Waals surface area contributed by atoms with Crippen LogP contribution in [-0.2, 0) is 22.3 Å². The van der Waals surface area contributed by atoms with Gasteiger partial charge in [0.05, 0.1) is 17.0 Å². The fraction of sp³-hybridized carbons (Fsp3) is 0.286. The van der Waals surface area contributed by atoms with Crippen LogP contribution in [0.2, 0.25) is 0 Å². The molecule has 0 saturated heterocycles. The first-order chi connectivity index (χ1) is 10.3. The van der Waals surface area contributed by atoms with Gasteiger partial charge in [0, 0.05) is 12.1 Å². The van der Waals surface area contributed by atoms with Crippen molar-refractivity contribution < 1.29 is 22.8 Å². The molecule has 8 heteroatoms. The van der Waals surface area contributed by atoms with E-state index in [1.54, 1.807) is 19.9 Å². The van der Waals surface area contributed by atoms with Gasteiger partial charge in [-0.25, -0.2) is 17.9 Å². The topological polar surface area (TPSA) is 110 Å². The Morgan fingerprint density at radius 2 is 2.09 bits per heavy atom. The van der Waals surface area contributed by atoms with E-state index in [-0.39, 0.29) is 17.9 Å². The molecule has 0 spiro atoms. The fourth-order valence-corrected chi connectivity index (χ4v) is 3.09. The number of carboxylic acid groups (broad SMARTS) is 1. The zero-order chi connectivity index (χ0) is 16.3. The summed E-state index contributed by atoms with van der Waals surface area (Å²) in [6.07, 6.45) is 0. The number of carbonyl (C=O) groups is 1. The number of benzene rings is 1. The van der Waals surface area contributed by atoms with Crippen LogP contribution in [0.15, 0.2) is 28.8 Å². The average molecular weight is 324 g/mol. The highest BCUT2D eigenvalue weighted by Crippen LogP contribution is 2.13. The summed E-state index contributed by atoms with van der Waals surface area (Å²) in [6.45, 7) is 3.53. The molecule has 0 amide bonds. The molecule has 1 aromatic heterocycles. The molecule has 0 bridgehead atoms. The molecule has 0 radical (unpaired) electrons. The summed E-state index contributed by atoms with van der Waals surface area (Å²) in [4.78, 5) is 10.9. The highest BCUT2D eigenvalue weighted by molar-refractivity contribution is 7.88. The van der Waals surface area contributed by atoms with Crippen molar-refractivity contribution in [3.05, 3.63) is 52.4 Å². The highest BCUT2D eigenvalue weighted by Gasteiger charge is 2.16. The van der Waals surface area contributed by atoms with Crippen LogP contribution in [-0.4, -0.2) is 24.7 Å². The molecule has 0 atom stereocenters. The lowest BCUT2D eigenvalue weighted by Gasteiger charge is -2.07. The van der Waals surface area contributed by atoms with Gasteiger partial charge in [0.25, 0.3) is 0 Å². The number of hydrogen-bond donors (Lipinski definition) is 2. The van der Waals surface area contributed by atoms with Crippen LogP contribution < -0.4 is 4.72 Å². The summed E-state index contributed by atoms with van der Waals surface area (Å²) in [6, 6.07) is 5.84. The standard InChI is InChI=1S/C14H16N2O5S/c1-9-13(10(2)21-16-9)7-15-22(19,20)8-11-4-3-5-12(6-11)14(17)18/h3-6,15H,7-8H2,1-2H3,(H,17,18). The number of nitrogens with one attached hydrogen (secondary N) is 1. The maximum atomic E-state index is 12.1. The zero-order valence-corrected chi connectivity index (χ0v) is 13.0. The summed E-state index contributed by atoms with van der Waals surface area (Å²) in [5, 5.41) is 12.7. The normalized spacial score (nSPS) is 11.5.